The summed E-state index contributed by atoms with van der Waals surface area (Å²) in [5.41, 5.74) is 1.04. The van der Waals surface area contributed by atoms with Gasteiger partial charge in [-0.05, 0) is 36.4 Å². The van der Waals surface area contributed by atoms with E-state index in [9.17, 15) is 19.6 Å². The molecule has 1 heterocycles. The minimum Gasteiger partial charge on any atom is -0.491 e. The zero-order chi connectivity index (χ0) is 19.2. The average molecular weight is 375 g/mol. The van der Waals surface area contributed by atoms with Crippen LogP contribution in [0.4, 0.5) is 15.8 Å². The van der Waals surface area contributed by atoms with Gasteiger partial charge in [0, 0.05) is 50.5 Å². The highest BCUT2D eigenvalue weighted by molar-refractivity contribution is 5.51. The van der Waals surface area contributed by atoms with Gasteiger partial charge in [-0.2, -0.15) is 0 Å². The normalized spacial score (nSPS) is 16.1. The van der Waals surface area contributed by atoms with Crippen LogP contribution in [0.25, 0.3) is 0 Å². The molecule has 0 aliphatic carbocycles. The molecule has 0 radical (unpaired) electrons. The van der Waals surface area contributed by atoms with Gasteiger partial charge in [-0.15, -0.1) is 0 Å². The minimum absolute atomic E-state index is 0.0849. The van der Waals surface area contributed by atoms with Crippen LogP contribution in [-0.2, 0) is 0 Å². The maximum Gasteiger partial charge on any atom is 0.269 e. The smallest absolute Gasteiger partial charge is 0.269 e. The Bertz CT molecular complexity index is 747. The SMILES string of the molecule is O=[N+]([O-])c1ccc(N2CCN(C[C@H](O)COc3ccc(F)cc3)CC2)cc1. The average Bonchev–Trinajstić information content (AvgIpc) is 2.68. The van der Waals surface area contributed by atoms with E-state index in [1.54, 1.807) is 12.1 Å². The fourth-order valence-electron chi connectivity index (χ4n) is 3.05. The number of halogens is 1. The Hall–Kier alpha value is -2.71. The first kappa shape index (κ1) is 19.1. The lowest BCUT2D eigenvalue weighted by molar-refractivity contribution is -0.384. The fourth-order valence-corrected chi connectivity index (χ4v) is 3.05. The van der Waals surface area contributed by atoms with Crippen molar-refractivity contribution in [3.05, 3.63) is 64.5 Å². The first-order chi connectivity index (χ1) is 13.0. The van der Waals surface area contributed by atoms with E-state index in [2.05, 4.69) is 9.80 Å². The van der Waals surface area contributed by atoms with Crippen molar-refractivity contribution in [2.24, 2.45) is 0 Å². The number of nitrogens with zero attached hydrogens (tertiary/aromatic N) is 3. The monoisotopic (exact) mass is 375 g/mol. The topological polar surface area (TPSA) is 79.1 Å². The number of aliphatic hydroxyl groups is 1. The van der Waals surface area contributed by atoms with Gasteiger partial charge in [-0.25, -0.2) is 4.39 Å². The van der Waals surface area contributed by atoms with Gasteiger partial charge in [0.2, 0.25) is 0 Å². The predicted molar refractivity (Wildman–Crippen MR) is 99.7 cm³/mol. The number of ether oxygens (including phenoxy) is 1. The summed E-state index contributed by atoms with van der Waals surface area (Å²) in [5.74, 6) is 0.201. The summed E-state index contributed by atoms with van der Waals surface area (Å²) in [6.07, 6.45) is -0.638. The van der Waals surface area contributed by atoms with Crippen LogP contribution in [0.3, 0.4) is 0 Å². The van der Waals surface area contributed by atoms with Gasteiger partial charge >= 0.3 is 0 Å². The second-order valence-corrected chi connectivity index (χ2v) is 6.48. The Balaban J connectivity index is 1.42. The van der Waals surface area contributed by atoms with Crippen LogP contribution in [0.1, 0.15) is 0 Å². The van der Waals surface area contributed by atoms with Crippen LogP contribution in [-0.4, -0.2) is 60.4 Å². The molecule has 144 valence electrons. The van der Waals surface area contributed by atoms with Crippen molar-refractivity contribution in [1.29, 1.82) is 0 Å². The number of non-ortho nitro benzene ring substituents is 1. The Morgan fingerprint density at radius 3 is 2.30 bits per heavy atom. The summed E-state index contributed by atoms with van der Waals surface area (Å²) >= 11 is 0. The van der Waals surface area contributed by atoms with E-state index < -0.39 is 11.0 Å². The van der Waals surface area contributed by atoms with Crippen LogP contribution in [0.2, 0.25) is 0 Å². The lowest BCUT2D eigenvalue weighted by Crippen LogP contribution is -2.49. The van der Waals surface area contributed by atoms with Crippen LogP contribution in [0.5, 0.6) is 5.75 Å². The molecule has 0 amide bonds. The molecular formula is C19H22FN3O4. The van der Waals surface area contributed by atoms with Gasteiger partial charge in [-0.1, -0.05) is 0 Å². The van der Waals surface area contributed by atoms with Crippen molar-refractivity contribution in [2.45, 2.75) is 6.10 Å². The maximum absolute atomic E-state index is 12.9. The molecular weight excluding hydrogens is 353 g/mol. The van der Waals surface area contributed by atoms with Crippen molar-refractivity contribution in [2.75, 3.05) is 44.2 Å². The Kier molecular flexibility index (Phi) is 6.20. The van der Waals surface area contributed by atoms with Crippen molar-refractivity contribution >= 4 is 11.4 Å². The number of nitro groups is 1. The molecule has 0 aromatic heterocycles. The number of piperazine rings is 1. The maximum atomic E-state index is 12.9. The van der Waals surface area contributed by atoms with Crippen LogP contribution < -0.4 is 9.64 Å². The van der Waals surface area contributed by atoms with E-state index in [0.717, 1.165) is 31.9 Å². The van der Waals surface area contributed by atoms with Crippen molar-refractivity contribution in [1.82, 2.24) is 4.90 Å². The predicted octanol–water partition coefficient (Wildman–Crippen LogP) is 2.30. The second kappa shape index (κ2) is 8.79. The molecule has 7 nitrogen and oxygen atoms in total. The molecule has 8 heteroatoms. The molecule has 1 saturated heterocycles. The molecule has 0 spiro atoms. The van der Waals surface area contributed by atoms with Gasteiger partial charge in [-0.3, -0.25) is 15.0 Å². The third-order valence-electron chi connectivity index (χ3n) is 4.52. The molecule has 27 heavy (non-hydrogen) atoms. The quantitative estimate of drug-likeness (QED) is 0.591. The van der Waals surface area contributed by atoms with E-state index in [1.165, 1.54) is 36.4 Å². The third kappa shape index (κ3) is 5.38. The van der Waals surface area contributed by atoms with Gasteiger partial charge in [0.1, 0.15) is 24.3 Å². The molecule has 1 N–H and O–H groups in total. The number of rotatable bonds is 7. The van der Waals surface area contributed by atoms with Gasteiger partial charge in [0.25, 0.3) is 5.69 Å². The summed E-state index contributed by atoms with van der Waals surface area (Å²) in [4.78, 5) is 14.6. The second-order valence-electron chi connectivity index (χ2n) is 6.48. The fraction of sp³-hybridized carbons (Fsp3) is 0.368. The summed E-state index contributed by atoms with van der Waals surface area (Å²) < 4.78 is 18.3. The molecule has 3 rings (SSSR count). The number of β-amino-alcohol motifs (C(OH)–C–C–N with tert-alkyl or cyclic N) is 1. The van der Waals surface area contributed by atoms with Crippen molar-refractivity contribution in [3.63, 3.8) is 0 Å². The van der Waals surface area contributed by atoms with E-state index in [4.69, 9.17) is 4.74 Å². The highest BCUT2D eigenvalue weighted by Gasteiger charge is 2.20. The number of hydrogen-bond donors (Lipinski definition) is 1. The van der Waals surface area contributed by atoms with Gasteiger partial charge in [0.15, 0.2) is 0 Å². The highest BCUT2D eigenvalue weighted by atomic mass is 19.1. The number of benzene rings is 2. The first-order valence-corrected chi connectivity index (χ1v) is 8.79. The third-order valence-corrected chi connectivity index (χ3v) is 4.52. The number of anilines is 1. The summed E-state index contributed by atoms with van der Waals surface area (Å²) in [7, 11) is 0. The largest absolute Gasteiger partial charge is 0.491 e. The first-order valence-electron chi connectivity index (χ1n) is 8.79. The Morgan fingerprint density at radius 2 is 1.70 bits per heavy atom. The standard InChI is InChI=1S/C19H22FN3O4/c20-15-1-7-19(8-2-15)27-14-18(24)13-21-9-11-22(12-10-21)16-3-5-17(6-4-16)23(25)26/h1-8,18,24H,9-14H2/t18-/m0/s1. The Labute approximate surface area is 156 Å². The van der Waals surface area contributed by atoms with Crippen molar-refractivity contribution < 1.29 is 19.2 Å². The van der Waals surface area contributed by atoms with E-state index in [-0.39, 0.29) is 18.1 Å². The van der Waals surface area contributed by atoms with Crippen LogP contribution in [0, 0.1) is 15.9 Å². The zero-order valence-corrected chi connectivity index (χ0v) is 14.8. The highest BCUT2D eigenvalue weighted by Crippen LogP contribution is 2.20. The van der Waals surface area contributed by atoms with E-state index >= 15 is 0 Å². The molecule has 2 aromatic rings. The molecule has 0 unspecified atom stereocenters. The molecule has 1 fully saturated rings. The molecule has 0 saturated carbocycles. The summed E-state index contributed by atoms with van der Waals surface area (Å²) in [6.45, 7) is 3.77. The summed E-state index contributed by atoms with van der Waals surface area (Å²) in [5, 5.41) is 20.9. The molecule has 2 aromatic carbocycles. The molecule has 1 aliphatic heterocycles. The molecule has 1 aliphatic rings. The number of aliphatic hydroxyl groups excluding tert-OH is 1. The number of nitro benzene ring substituents is 1. The molecule has 1 atom stereocenters. The number of hydrogen-bond acceptors (Lipinski definition) is 6. The minimum atomic E-state index is -0.638. The Morgan fingerprint density at radius 1 is 1.07 bits per heavy atom. The van der Waals surface area contributed by atoms with Gasteiger partial charge in [0.05, 0.1) is 4.92 Å². The van der Waals surface area contributed by atoms with Crippen LogP contribution in [0.15, 0.2) is 48.5 Å². The van der Waals surface area contributed by atoms with E-state index in [1.807, 2.05) is 0 Å². The molecule has 0 bridgehead atoms. The summed E-state index contributed by atoms with van der Waals surface area (Å²) in [6, 6.07) is 12.3. The van der Waals surface area contributed by atoms with Gasteiger partial charge < -0.3 is 14.7 Å². The zero-order valence-electron chi connectivity index (χ0n) is 14.8. The lowest BCUT2D eigenvalue weighted by Gasteiger charge is -2.36. The van der Waals surface area contributed by atoms with Crippen molar-refractivity contribution in [3.8, 4) is 5.75 Å². The van der Waals surface area contributed by atoms with Crippen LogP contribution >= 0.6 is 0 Å². The lowest BCUT2D eigenvalue weighted by atomic mass is 10.2. The van der Waals surface area contributed by atoms with E-state index in [0.29, 0.717) is 12.3 Å².